The molecule has 0 aliphatic rings. The van der Waals surface area contributed by atoms with Crippen molar-refractivity contribution in [3.05, 3.63) is 69.1 Å². The van der Waals surface area contributed by atoms with Crippen LogP contribution in [0.3, 0.4) is 0 Å². The Morgan fingerprint density at radius 1 is 1.09 bits per heavy atom. The van der Waals surface area contributed by atoms with Gasteiger partial charge in [-0.2, -0.15) is 0 Å². The van der Waals surface area contributed by atoms with Crippen molar-refractivity contribution in [2.45, 2.75) is 6.54 Å². The number of pyridine rings is 1. The zero-order chi connectivity index (χ0) is 16.4. The molecular formula is C17H14Cl2N2O2. The van der Waals surface area contributed by atoms with Gasteiger partial charge in [-0.25, -0.2) is 0 Å². The molecule has 0 saturated heterocycles. The van der Waals surface area contributed by atoms with Gasteiger partial charge < -0.3 is 15.0 Å². The van der Waals surface area contributed by atoms with Crippen molar-refractivity contribution in [1.82, 2.24) is 4.57 Å². The lowest BCUT2D eigenvalue weighted by Crippen LogP contribution is -2.22. The Morgan fingerprint density at radius 3 is 2.70 bits per heavy atom. The summed E-state index contributed by atoms with van der Waals surface area (Å²) in [5.74, 6) is 0.675. The minimum atomic E-state index is -0.128. The van der Waals surface area contributed by atoms with E-state index >= 15 is 0 Å². The minimum absolute atomic E-state index is 0.128. The van der Waals surface area contributed by atoms with Crippen LogP contribution in [0.2, 0.25) is 10.0 Å². The summed E-state index contributed by atoms with van der Waals surface area (Å²) in [6, 6.07) is 12.3. The third-order valence-corrected chi connectivity index (χ3v) is 4.32. The number of nitrogens with zero attached hydrogens (tertiary/aromatic N) is 1. The molecule has 0 unspecified atom stereocenters. The highest BCUT2D eigenvalue weighted by Gasteiger charge is 2.08. The van der Waals surface area contributed by atoms with Crippen molar-refractivity contribution in [3.63, 3.8) is 0 Å². The largest absolute Gasteiger partial charge is 0.492 e. The van der Waals surface area contributed by atoms with Crippen LogP contribution in [0.25, 0.3) is 10.8 Å². The summed E-state index contributed by atoms with van der Waals surface area (Å²) in [7, 11) is 0. The number of halogens is 2. The molecule has 1 heterocycles. The van der Waals surface area contributed by atoms with Gasteiger partial charge in [-0.3, -0.25) is 4.79 Å². The number of ether oxygens (including phenoxy) is 1. The molecule has 4 nitrogen and oxygen atoms in total. The Balaban J connectivity index is 1.80. The topological polar surface area (TPSA) is 57.2 Å². The highest BCUT2D eigenvalue weighted by Crippen LogP contribution is 2.28. The number of fused-ring (bicyclic) bond motifs is 1. The summed E-state index contributed by atoms with van der Waals surface area (Å²) >= 11 is 12.1. The van der Waals surface area contributed by atoms with Crippen LogP contribution in [0.15, 0.2) is 53.5 Å². The van der Waals surface area contributed by atoms with Gasteiger partial charge in [0.05, 0.1) is 16.6 Å². The monoisotopic (exact) mass is 348 g/mol. The summed E-state index contributed by atoms with van der Waals surface area (Å²) in [5.41, 5.74) is 6.20. The summed E-state index contributed by atoms with van der Waals surface area (Å²) < 4.78 is 7.20. The van der Waals surface area contributed by atoms with E-state index in [-0.39, 0.29) is 5.56 Å². The Kier molecular flexibility index (Phi) is 4.46. The van der Waals surface area contributed by atoms with Gasteiger partial charge in [0.2, 0.25) is 0 Å². The Hall–Kier alpha value is -2.17. The van der Waals surface area contributed by atoms with Crippen LogP contribution in [0.4, 0.5) is 5.69 Å². The van der Waals surface area contributed by atoms with E-state index in [9.17, 15) is 4.79 Å². The SMILES string of the molecule is Nc1cccc(OCCn2ccc3c(Cl)c(Cl)ccc3c2=O)c1. The van der Waals surface area contributed by atoms with E-state index in [0.717, 1.165) is 0 Å². The van der Waals surface area contributed by atoms with Crippen molar-refractivity contribution in [1.29, 1.82) is 0 Å². The van der Waals surface area contributed by atoms with E-state index < -0.39 is 0 Å². The van der Waals surface area contributed by atoms with Gasteiger partial charge in [0.15, 0.2) is 0 Å². The van der Waals surface area contributed by atoms with Gasteiger partial charge >= 0.3 is 0 Å². The fourth-order valence-electron chi connectivity index (χ4n) is 2.34. The van der Waals surface area contributed by atoms with E-state index in [4.69, 9.17) is 33.7 Å². The van der Waals surface area contributed by atoms with Crippen molar-refractivity contribution in [2.75, 3.05) is 12.3 Å². The van der Waals surface area contributed by atoms with E-state index in [1.54, 1.807) is 41.1 Å². The quantitative estimate of drug-likeness (QED) is 0.725. The average Bonchev–Trinajstić information content (AvgIpc) is 2.53. The van der Waals surface area contributed by atoms with Gasteiger partial charge in [-0.05, 0) is 30.3 Å². The molecule has 0 radical (unpaired) electrons. The molecule has 0 aliphatic heterocycles. The molecule has 23 heavy (non-hydrogen) atoms. The summed E-state index contributed by atoms with van der Waals surface area (Å²) in [6.07, 6.45) is 1.69. The predicted molar refractivity (Wildman–Crippen MR) is 94.6 cm³/mol. The molecule has 0 bridgehead atoms. The Morgan fingerprint density at radius 2 is 1.91 bits per heavy atom. The standard InChI is InChI=1S/C17H14Cl2N2O2/c18-15-5-4-14-13(16(15)19)6-7-21(17(14)22)8-9-23-12-3-1-2-11(20)10-12/h1-7,10H,8-9,20H2. The number of rotatable bonds is 4. The summed E-state index contributed by atoms with van der Waals surface area (Å²) in [6.45, 7) is 0.778. The third-order valence-electron chi connectivity index (χ3n) is 3.50. The maximum atomic E-state index is 12.5. The molecule has 1 aromatic heterocycles. The van der Waals surface area contributed by atoms with Crippen LogP contribution in [0.5, 0.6) is 5.75 Å². The van der Waals surface area contributed by atoms with Gasteiger partial charge in [-0.1, -0.05) is 29.3 Å². The molecule has 0 saturated carbocycles. The first-order valence-corrected chi connectivity index (χ1v) is 7.77. The average molecular weight is 349 g/mol. The number of benzene rings is 2. The predicted octanol–water partition coefficient (Wildman–Crippen LogP) is 3.97. The fraction of sp³-hybridized carbons (Fsp3) is 0.118. The fourth-order valence-corrected chi connectivity index (χ4v) is 2.74. The molecule has 0 fully saturated rings. The van der Waals surface area contributed by atoms with Gasteiger partial charge in [0.1, 0.15) is 12.4 Å². The molecule has 118 valence electrons. The molecule has 3 rings (SSSR count). The molecule has 3 aromatic rings. The lowest BCUT2D eigenvalue weighted by Gasteiger charge is -2.10. The molecule has 0 amide bonds. The number of nitrogen functional groups attached to an aromatic ring is 1. The van der Waals surface area contributed by atoms with Crippen LogP contribution in [-0.2, 0) is 6.54 Å². The highest BCUT2D eigenvalue weighted by molar-refractivity contribution is 6.45. The molecule has 0 spiro atoms. The van der Waals surface area contributed by atoms with Crippen LogP contribution in [0, 0.1) is 0 Å². The van der Waals surface area contributed by atoms with Crippen LogP contribution in [0.1, 0.15) is 0 Å². The molecule has 2 N–H and O–H groups in total. The molecular weight excluding hydrogens is 335 g/mol. The molecule has 6 heteroatoms. The normalized spacial score (nSPS) is 10.9. The number of hydrogen-bond donors (Lipinski definition) is 1. The van der Waals surface area contributed by atoms with Crippen molar-refractivity contribution in [3.8, 4) is 5.75 Å². The van der Waals surface area contributed by atoms with Crippen LogP contribution >= 0.6 is 23.2 Å². The number of nitrogens with two attached hydrogens (primary N) is 1. The Bertz CT molecular complexity index is 922. The lowest BCUT2D eigenvalue weighted by atomic mass is 10.2. The van der Waals surface area contributed by atoms with Crippen molar-refractivity contribution in [2.24, 2.45) is 0 Å². The zero-order valence-electron chi connectivity index (χ0n) is 12.1. The maximum absolute atomic E-state index is 12.5. The summed E-state index contributed by atoms with van der Waals surface area (Å²) in [4.78, 5) is 12.5. The van der Waals surface area contributed by atoms with E-state index in [2.05, 4.69) is 0 Å². The van der Waals surface area contributed by atoms with Crippen LogP contribution in [-0.4, -0.2) is 11.2 Å². The third kappa shape index (κ3) is 3.28. The van der Waals surface area contributed by atoms with E-state index in [1.165, 1.54) is 0 Å². The van der Waals surface area contributed by atoms with Crippen LogP contribution < -0.4 is 16.0 Å². The zero-order valence-corrected chi connectivity index (χ0v) is 13.6. The highest BCUT2D eigenvalue weighted by atomic mass is 35.5. The first-order valence-electron chi connectivity index (χ1n) is 7.02. The second-order valence-electron chi connectivity index (χ2n) is 5.06. The second kappa shape index (κ2) is 6.52. The maximum Gasteiger partial charge on any atom is 0.258 e. The first-order chi connectivity index (χ1) is 11.1. The second-order valence-corrected chi connectivity index (χ2v) is 5.84. The van der Waals surface area contributed by atoms with E-state index in [1.807, 2.05) is 12.1 Å². The number of anilines is 1. The van der Waals surface area contributed by atoms with Gasteiger partial charge in [0.25, 0.3) is 5.56 Å². The van der Waals surface area contributed by atoms with Crippen molar-refractivity contribution < 1.29 is 4.74 Å². The lowest BCUT2D eigenvalue weighted by molar-refractivity contribution is 0.297. The Labute approximate surface area is 143 Å². The molecule has 2 aromatic carbocycles. The number of aromatic nitrogens is 1. The molecule has 0 atom stereocenters. The summed E-state index contributed by atoms with van der Waals surface area (Å²) in [5, 5.41) is 2.01. The smallest absolute Gasteiger partial charge is 0.258 e. The van der Waals surface area contributed by atoms with Gasteiger partial charge in [0, 0.05) is 28.7 Å². The first kappa shape index (κ1) is 15.7. The molecule has 0 aliphatic carbocycles. The van der Waals surface area contributed by atoms with E-state index in [0.29, 0.717) is 45.4 Å². The van der Waals surface area contributed by atoms with Gasteiger partial charge in [-0.15, -0.1) is 0 Å². The van der Waals surface area contributed by atoms with Crippen molar-refractivity contribution >= 4 is 39.7 Å². The minimum Gasteiger partial charge on any atom is -0.492 e. The number of hydrogen-bond acceptors (Lipinski definition) is 3.